The molecule has 0 aliphatic carbocycles. The van der Waals surface area contributed by atoms with E-state index in [2.05, 4.69) is 48.3 Å². The Labute approximate surface area is 236 Å². The normalized spacial score (nSPS) is 11.7. The van der Waals surface area contributed by atoms with Gasteiger partial charge in [0.25, 0.3) is 0 Å². The smallest absolute Gasteiger partial charge is 0.326 e. The topological polar surface area (TPSA) is 181 Å². The molecule has 4 rings (SSSR count). The number of amides is 2. The number of tetrazole rings is 1. The summed E-state index contributed by atoms with van der Waals surface area (Å²) in [4.78, 5) is 39.5. The van der Waals surface area contributed by atoms with Crippen LogP contribution < -0.4 is 10.6 Å². The fraction of sp³-hybridized carbons (Fsp3) is 0.357. The molecular weight excluding hydrogens is 526 g/mol. The SMILES string of the molecule is CCCCc1nc(CNC(=O)CC[C@H](NC(C)=O)C(=O)O)nn1Cc1ccc(-c2ccccc2-c2nnn[nH]2)cc1. The predicted octanol–water partition coefficient (Wildman–Crippen LogP) is 2.50. The number of nitrogens with zero attached hydrogens (tertiary/aromatic N) is 6. The van der Waals surface area contributed by atoms with Crippen LogP contribution in [0.5, 0.6) is 0 Å². The molecule has 0 saturated heterocycles. The van der Waals surface area contributed by atoms with Crippen molar-refractivity contribution in [1.29, 1.82) is 0 Å². The third-order valence-electron chi connectivity index (χ3n) is 6.45. The molecule has 4 N–H and O–H groups in total. The average molecular weight is 560 g/mol. The molecule has 1 atom stereocenters. The molecule has 0 spiro atoms. The number of carboxylic acids is 1. The van der Waals surface area contributed by atoms with E-state index in [9.17, 15) is 19.5 Å². The first-order valence-electron chi connectivity index (χ1n) is 13.5. The Hall–Kier alpha value is -4.94. The highest BCUT2D eigenvalue weighted by molar-refractivity contribution is 5.83. The molecule has 2 aromatic heterocycles. The van der Waals surface area contributed by atoms with Gasteiger partial charge in [-0.2, -0.15) is 5.10 Å². The third-order valence-corrected chi connectivity index (χ3v) is 6.45. The zero-order valence-corrected chi connectivity index (χ0v) is 23.0. The molecule has 13 heteroatoms. The summed E-state index contributed by atoms with van der Waals surface area (Å²) in [6, 6.07) is 15.0. The van der Waals surface area contributed by atoms with Crippen LogP contribution in [-0.2, 0) is 33.9 Å². The Balaban J connectivity index is 1.41. The number of aromatic amines is 1. The predicted molar refractivity (Wildman–Crippen MR) is 149 cm³/mol. The molecule has 2 amide bonds. The van der Waals surface area contributed by atoms with Gasteiger partial charge in [-0.1, -0.05) is 61.9 Å². The summed E-state index contributed by atoms with van der Waals surface area (Å²) in [5.74, 6) is -0.0758. The number of carbonyl (C=O) groups excluding carboxylic acids is 2. The lowest BCUT2D eigenvalue weighted by Gasteiger charge is -2.12. The first-order chi connectivity index (χ1) is 19.8. The molecule has 0 fully saturated rings. The molecular formula is C28H33N9O4. The molecule has 0 radical (unpaired) electrons. The maximum atomic E-state index is 12.3. The van der Waals surface area contributed by atoms with Crippen LogP contribution >= 0.6 is 0 Å². The summed E-state index contributed by atoms with van der Waals surface area (Å²) in [6.07, 6.45) is 2.65. The molecule has 41 heavy (non-hydrogen) atoms. The highest BCUT2D eigenvalue weighted by atomic mass is 16.4. The van der Waals surface area contributed by atoms with Gasteiger partial charge in [-0.3, -0.25) is 9.59 Å². The number of aliphatic carboxylic acids is 1. The number of aryl methyl sites for hydroxylation is 1. The van der Waals surface area contributed by atoms with Gasteiger partial charge in [0.2, 0.25) is 11.8 Å². The number of benzene rings is 2. The second-order valence-corrected chi connectivity index (χ2v) is 9.60. The molecule has 2 heterocycles. The van der Waals surface area contributed by atoms with Crippen LogP contribution in [-0.4, -0.2) is 64.3 Å². The number of hydrogen-bond acceptors (Lipinski definition) is 8. The van der Waals surface area contributed by atoms with Gasteiger partial charge in [0.15, 0.2) is 11.6 Å². The molecule has 4 aromatic rings. The number of unbranched alkanes of at least 4 members (excludes halogenated alkanes) is 1. The fourth-order valence-electron chi connectivity index (χ4n) is 4.37. The van der Waals surface area contributed by atoms with Crippen LogP contribution in [0.2, 0.25) is 0 Å². The molecule has 2 aromatic carbocycles. The summed E-state index contributed by atoms with van der Waals surface area (Å²) in [7, 11) is 0. The van der Waals surface area contributed by atoms with E-state index in [0.717, 1.165) is 47.3 Å². The number of aromatic nitrogens is 7. The van der Waals surface area contributed by atoms with Crippen LogP contribution in [0.25, 0.3) is 22.5 Å². The Kier molecular flexibility index (Phi) is 9.86. The maximum absolute atomic E-state index is 12.3. The van der Waals surface area contributed by atoms with E-state index in [-0.39, 0.29) is 25.3 Å². The quantitative estimate of drug-likeness (QED) is 0.180. The summed E-state index contributed by atoms with van der Waals surface area (Å²) in [5.41, 5.74) is 3.98. The second kappa shape index (κ2) is 13.9. The van der Waals surface area contributed by atoms with E-state index in [4.69, 9.17) is 0 Å². The molecule has 214 valence electrons. The van der Waals surface area contributed by atoms with Crippen molar-refractivity contribution in [3.8, 4) is 22.5 Å². The number of carbonyl (C=O) groups is 3. The minimum atomic E-state index is -1.18. The Bertz CT molecular complexity index is 1470. The van der Waals surface area contributed by atoms with E-state index in [1.807, 2.05) is 53.2 Å². The lowest BCUT2D eigenvalue weighted by Crippen LogP contribution is -2.40. The Morgan fingerprint density at radius 1 is 1.07 bits per heavy atom. The van der Waals surface area contributed by atoms with E-state index >= 15 is 0 Å². The largest absolute Gasteiger partial charge is 0.480 e. The van der Waals surface area contributed by atoms with Gasteiger partial charge < -0.3 is 15.7 Å². The van der Waals surface area contributed by atoms with Gasteiger partial charge in [-0.15, -0.1) is 5.10 Å². The Morgan fingerprint density at radius 3 is 2.49 bits per heavy atom. The molecule has 0 saturated carbocycles. The zero-order chi connectivity index (χ0) is 29.2. The summed E-state index contributed by atoms with van der Waals surface area (Å²) in [5, 5.41) is 33.2. The monoisotopic (exact) mass is 559 g/mol. The molecule has 0 unspecified atom stereocenters. The van der Waals surface area contributed by atoms with Crippen molar-refractivity contribution in [2.75, 3.05) is 0 Å². The molecule has 0 aliphatic rings. The van der Waals surface area contributed by atoms with E-state index in [0.29, 0.717) is 18.2 Å². The molecule has 13 nitrogen and oxygen atoms in total. The van der Waals surface area contributed by atoms with E-state index in [1.165, 1.54) is 6.92 Å². The van der Waals surface area contributed by atoms with Gasteiger partial charge in [0.05, 0.1) is 13.1 Å². The number of nitrogens with one attached hydrogen (secondary N) is 3. The summed E-state index contributed by atoms with van der Waals surface area (Å²) < 4.78 is 1.86. The van der Waals surface area contributed by atoms with Crippen molar-refractivity contribution in [3.05, 3.63) is 65.7 Å². The van der Waals surface area contributed by atoms with Crippen molar-refractivity contribution in [2.45, 2.75) is 65.1 Å². The molecule has 0 bridgehead atoms. The van der Waals surface area contributed by atoms with Crippen molar-refractivity contribution < 1.29 is 19.5 Å². The van der Waals surface area contributed by atoms with Crippen molar-refractivity contribution >= 4 is 17.8 Å². The lowest BCUT2D eigenvalue weighted by atomic mass is 9.98. The lowest BCUT2D eigenvalue weighted by molar-refractivity contribution is -0.141. The van der Waals surface area contributed by atoms with Crippen molar-refractivity contribution in [2.24, 2.45) is 0 Å². The number of hydrogen-bond donors (Lipinski definition) is 4. The van der Waals surface area contributed by atoms with Crippen molar-refractivity contribution in [1.82, 2.24) is 46.0 Å². The first kappa shape index (κ1) is 29.1. The Morgan fingerprint density at radius 2 is 1.83 bits per heavy atom. The zero-order valence-electron chi connectivity index (χ0n) is 23.0. The van der Waals surface area contributed by atoms with Gasteiger partial charge in [0.1, 0.15) is 11.9 Å². The van der Waals surface area contributed by atoms with Crippen LogP contribution in [0.1, 0.15) is 56.7 Å². The van der Waals surface area contributed by atoms with Gasteiger partial charge in [0, 0.05) is 25.3 Å². The first-order valence-corrected chi connectivity index (χ1v) is 13.5. The summed E-state index contributed by atoms with van der Waals surface area (Å²) >= 11 is 0. The summed E-state index contributed by atoms with van der Waals surface area (Å²) in [6.45, 7) is 3.98. The fourth-order valence-corrected chi connectivity index (χ4v) is 4.37. The average Bonchev–Trinajstić information content (AvgIpc) is 3.63. The minimum Gasteiger partial charge on any atom is -0.480 e. The standard InChI is InChI=1S/C28H33N9O4/c1-3-4-9-25-31-24(16-29-26(39)15-14-23(28(40)41)30-18(2)38)34-37(25)17-19-10-12-20(13-11-19)21-7-5-6-8-22(21)27-32-35-36-33-27/h5-8,10-13,23H,3-4,9,14-17H2,1-2H3,(H,29,39)(H,30,38)(H,40,41)(H,32,33,35,36)/t23-/m0/s1. The van der Waals surface area contributed by atoms with Crippen LogP contribution in [0.15, 0.2) is 48.5 Å². The van der Waals surface area contributed by atoms with Gasteiger partial charge >= 0.3 is 5.97 Å². The number of rotatable bonds is 14. The van der Waals surface area contributed by atoms with E-state index in [1.54, 1.807) is 0 Å². The number of H-pyrrole nitrogens is 1. The number of carboxylic acid groups (broad SMARTS) is 1. The maximum Gasteiger partial charge on any atom is 0.326 e. The van der Waals surface area contributed by atoms with Gasteiger partial charge in [-0.25, -0.2) is 19.6 Å². The van der Waals surface area contributed by atoms with Crippen molar-refractivity contribution in [3.63, 3.8) is 0 Å². The molecule has 0 aliphatic heterocycles. The highest BCUT2D eigenvalue weighted by Crippen LogP contribution is 2.29. The van der Waals surface area contributed by atoms with E-state index < -0.39 is 17.9 Å². The van der Waals surface area contributed by atoms with Gasteiger partial charge in [-0.05, 0) is 40.0 Å². The third kappa shape index (κ3) is 8.03. The minimum absolute atomic E-state index is 0.0138. The van der Waals surface area contributed by atoms with Crippen LogP contribution in [0.4, 0.5) is 0 Å². The van der Waals surface area contributed by atoms with Crippen LogP contribution in [0.3, 0.4) is 0 Å². The van der Waals surface area contributed by atoms with Crippen LogP contribution in [0, 0.1) is 0 Å². The highest BCUT2D eigenvalue weighted by Gasteiger charge is 2.20. The second-order valence-electron chi connectivity index (χ2n) is 9.60.